The summed E-state index contributed by atoms with van der Waals surface area (Å²) in [4.78, 5) is 0. The maximum atomic E-state index is 13.5. The zero-order chi connectivity index (χ0) is 10.8. The molecule has 78 valence electrons. The molecule has 2 aromatic rings. The molecular formula is C9H7BrFN3S. The molecule has 0 saturated carbocycles. The number of hydrogen-bond acceptors (Lipinski definition) is 4. The lowest BCUT2D eigenvalue weighted by molar-refractivity contribution is 0.596. The number of hydrogen-bond donors (Lipinski definition) is 1. The van der Waals surface area contributed by atoms with Crippen LogP contribution in [0.4, 0.5) is 4.39 Å². The molecule has 0 amide bonds. The van der Waals surface area contributed by atoms with E-state index in [0.29, 0.717) is 11.3 Å². The smallest absolute Gasteiger partial charge is 0.128 e. The van der Waals surface area contributed by atoms with Gasteiger partial charge in [0.15, 0.2) is 0 Å². The second kappa shape index (κ2) is 4.34. The molecule has 0 spiro atoms. The van der Waals surface area contributed by atoms with Gasteiger partial charge < -0.3 is 5.73 Å². The average Bonchev–Trinajstić information content (AvgIpc) is 2.74. The molecule has 0 bridgehead atoms. The van der Waals surface area contributed by atoms with E-state index in [-0.39, 0.29) is 5.82 Å². The number of nitrogens with two attached hydrogens (primary N) is 1. The second-order valence-electron chi connectivity index (χ2n) is 2.97. The highest BCUT2D eigenvalue weighted by Crippen LogP contribution is 2.24. The monoisotopic (exact) mass is 287 g/mol. The van der Waals surface area contributed by atoms with Gasteiger partial charge in [-0.3, -0.25) is 0 Å². The fourth-order valence-corrected chi connectivity index (χ4v) is 2.09. The van der Waals surface area contributed by atoms with Crippen LogP contribution in [0.2, 0.25) is 0 Å². The van der Waals surface area contributed by atoms with E-state index in [1.54, 1.807) is 17.5 Å². The fourth-order valence-electron chi connectivity index (χ4n) is 1.22. The van der Waals surface area contributed by atoms with Crippen LogP contribution in [0.1, 0.15) is 17.3 Å². The van der Waals surface area contributed by atoms with Crippen LogP contribution in [0.15, 0.2) is 28.1 Å². The molecule has 1 aromatic heterocycles. The van der Waals surface area contributed by atoms with Crippen molar-refractivity contribution in [1.29, 1.82) is 0 Å². The molecule has 0 aliphatic carbocycles. The Balaban J connectivity index is 2.41. The van der Waals surface area contributed by atoms with E-state index in [1.807, 2.05) is 0 Å². The van der Waals surface area contributed by atoms with Crippen molar-refractivity contribution >= 4 is 27.5 Å². The van der Waals surface area contributed by atoms with Crippen molar-refractivity contribution in [2.45, 2.75) is 6.04 Å². The highest BCUT2D eigenvalue weighted by molar-refractivity contribution is 9.10. The van der Waals surface area contributed by atoms with E-state index < -0.39 is 6.04 Å². The molecule has 1 heterocycles. The predicted molar refractivity (Wildman–Crippen MR) is 60.0 cm³/mol. The Morgan fingerprint density at radius 1 is 1.47 bits per heavy atom. The minimum atomic E-state index is -0.568. The Morgan fingerprint density at radius 3 is 2.93 bits per heavy atom. The van der Waals surface area contributed by atoms with E-state index in [2.05, 4.69) is 25.5 Å². The van der Waals surface area contributed by atoms with Crippen molar-refractivity contribution in [1.82, 2.24) is 9.59 Å². The molecule has 0 aliphatic rings. The van der Waals surface area contributed by atoms with Gasteiger partial charge in [-0.15, -0.1) is 5.10 Å². The van der Waals surface area contributed by atoms with Crippen molar-refractivity contribution in [2.75, 3.05) is 0 Å². The summed E-state index contributed by atoms with van der Waals surface area (Å²) in [6.45, 7) is 0. The molecule has 0 saturated heterocycles. The van der Waals surface area contributed by atoms with Gasteiger partial charge in [0, 0.05) is 15.4 Å². The first-order valence-electron chi connectivity index (χ1n) is 4.16. The molecule has 0 radical (unpaired) electrons. The van der Waals surface area contributed by atoms with Crippen LogP contribution in [-0.4, -0.2) is 9.59 Å². The maximum absolute atomic E-state index is 13.5. The van der Waals surface area contributed by atoms with Gasteiger partial charge in [0.25, 0.3) is 0 Å². The molecule has 2 rings (SSSR count). The van der Waals surface area contributed by atoms with Crippen LogP contribution in [0.5, 0.6) is 0 Å². The lowest BCUT2D eigenvalue weighted by Crippen LogP contribution is -2.14. The van der Waals surface area contributed by atoms with Gasteiger partial charge >= 0.3 is 0 Å². The quantitative estimate of drug-likeness (QED) is 0.923. The minimum absolute atomic E-state index is 0.335. The Labute approximate surface area is 98.4 Å². The maximum Gasteiger partial charge on any atom is 0.128 e. The topological polar surface area (TPSA) is 51.8 Å². The zero-order valence-corrected chi connectivity index (χ0v) is 9.93. The Hall–Kier alpha value is -0.850. The molecule has 15 heavy (non-hydrogen) atoms. The second-order valence-corrected chi connectivity index (χ2v) is 4.50. The van der Waals surface area contributed by atoms with Crippen LogP contribution in [0.3, 0.4) is 0 Å². The van der Waals surface area contributed by atoms with Gasteiger partial charge in [0.2, 0.25) is 0 Å². The molecule has 0 fully saturated rings. The van der Waals surface area contributed by atoms with E-state index in [9.17, 15) is 4.39 Å². The summed E-state index contributed by atoms with van der Waals surface area (Å²) < 4.78 is 18.0. The molecular weight excluding hydrogens is 281 g/mol. The summed E-state index contributed by atoms with van der Waals surface area (Å²) in [5, 5.41) is 5.54. The van der Waals surface area contributed by atoms with Crippen LogP contribution in [0, 0.1) is 5.82 Å². The first-order chi connectivity index (χ1) is 7.18. The van der Waals surface area contributed by atoms with E-state index in [0.717, 1.165) is 4.47 Å². The standard InChI is InChI=1S/C9H7BrFN3S/c10-5-1-2-7(11)6(3-5)9(12)8-4-15-14-13-8/h1-4,9H,12H2. The number of aromatic nitrogens is 2. The van der Waals surface area contributed by atoms with Crippen molar-refractivity contribution in [3.05, 3.63) is 45.1 Å². The number of nitrogens with zero attached hydrogens (tertiary/aromatic N) is 2. The Morgan fingerprint density at radius 2 is 2.27 bits per heavy atom. The SMILES string of the molecule is NC(c1csnn1)c1cc(Br)ccc1F. The fraction of sp³-hybridized carbons (Fsp3) is 0.111. The van der Waals surface area contributed by atoms with E-state index in [1.165, 1.54) is 17.6 Å². The molecule has 6 heteroatoms. The Kier molecular flexibility index (Phi) is 3.08. The van der Waals surface area contributed by atoms with Gasteiger partial charge in [-0.1, -0.05) is 20.4 Å². The summed E-state index contributed by atoms with van der Waals surface area (Å²) >= 11 is 4.47. The highest BCUT2D eigenvalue weighted by Gasteiger charge is 2.16. The first kappa shape index (κ1) is 10.7. The third-order valence-corrected chi connectivity index (χ3v) is 3.00. The van der Waals surface area contributed by atoms with Crippen LogP contribution in [0.25, 0.3) is 0 Å². The highest BCUT2D eigenvalue weighted by atomic mass is 79.9. The molecule has 0 aliphatic heterocycles. The number of halogens is 2. The van der Waals surface area contributed by atoms with Crippen molar-refractivity contribution in [3.63, 3.8) is 0 Å². The summed E-state index contributed by atoms with van der Waals surface area (Å²) in [5.41, 5.74) is 6.87. The van der Waals surface area contributed by atoms with Gasteiger partial charge in [-0.2, -0.15) is 0 Å². The van der Waals surface area contributed by atoms with E-state index in [4.69, 9.17) is 5.73 Å². The molecule has 1 unspecified atom stereocenters. The molecule has 3 nitrogen and oxygen atoms in total. The van der Waals surface area contributed by atoms with Crippen molar-refractivity contribution in [3.8, 4) is 0 Å². The predicted octanol–water partition coefficient (Wildman–Crippen LogP) is 2.49. The van der Waals surface area contributed by atoms with Gasteiger partial charge in [-0.05, 0) is 29.7 Å². The summed E-state index contributed by atoms with van der Waals surface area (Å²) in [7, 11) is 0. The van der Waals surface area contributed by atoms with Crippen molar-refractivity contribution < 1.29 is 4.39 Å². The third kappa shape index (κ3) is 2.22. The van der Waals surface area contributed by atoms with Gasteiger partial charge in [-0.25, -0.2) is 4.39 Å². The van der Waals surface area contributed by atoms with Gasteiger partial charge in [0.05, 0.1) is 11.7 Å². The molecule has 1 atom stereocenters. The van der Waals surface area contributed by atoms with Crippen LogP contribution in [-0.2, 0) is 0 Å². The molecule has 1 aromatic carbocycles. The average molecular weight is 288 g/mol. The zero-order valence-electron chi connectivity index (χ0n) is 7.52. The summed E-state index contributed by atoms with van der Waals surface area (Å²) in [6.07, 6.45) is 0. The minimum Gasteiger partial charge on any atom is -0.319 e. The van der Waals surface area contributed by atoms with E-state index >= 15 is 0 Å². The number of rotatable bonds is 2. The lowest BCUT2D eigenvalue weighted by atomic mass is 10.1. The van der Waals surface area contributed by atoms with Gasteiger partial charge in [0.1, 0.15) is 5.82 Å². The Bertz CT molecular complexity index is 460. The summed E-state index contributed by atoms with van der Waals surface area (Å²) in [6, 6.07) is 4.09. The lowest BCUT2D eigenvalue weighted by Gasteiger charge is -2.10. The third-order valence-electron chi connectivity index (χ3n) is 1.99. The van der Waals surface area contributed by atoms with Crippen molar-refractivity contribution in [2.24, 2.45) is 5.73 Å². The summed E-state index contributed by atoms with van der Waals surface area (Å²) in [5.74, 6) is -0.335. The van der Waals surface area contributed by atoms with Crippen LogP contribution >= 0.6 is 27.5 Å². The number of benzene rings is 1. The molecule has 2 N–H and O–H groups in total. The normalized spacial score (nSPS) is 12.7. The van der Waals surface area contributed by atoms with Crippen LogP contribution < -0.4 is 5.73 Å². The first-order valence-corrected chi connectivity index (χ1v) is 5.79. The largest absolute Gasteiger partial charge is 0.319 e.